The molecule has 0 bridgehead atoms. The van der Waals surface area contributed by atoms with Gasteiger partial charge in [0.15, 0.2) is 5.96 Å². The van der Waals surface area contributed by atoms with Crippen LogP contribution in [0.15, 0.2) is 23.2 Å². The van der Waals surface area contributed by atoms with E-state index >= 15 is 0 Å². The van der Waals surface area contributed by atoms with E-state index in [-0.39, 0.29) is 6.10 Å². The molecule has 7 nitrogen and oxygen atoms in total. The standard InChI is InChI=1S/C22H36N4O3/c1-4-23-22(25-13-20-14-26(3)8-10-28-20)24-12-19-6-5-17(2)11-21(19)29-16-18-7-9-27-15-18/h5-6,11,18,20H,4,7-10,12-16H2,1-3H3,(H2,23,24,25). The Morgan fingerprint density at radius 3 is 2.97 bits per heavy atom. The van der Waals surface area contributed by atoms with Crippen molar-refractivity contribution in [3.8, 4) is 5.75 Å². The number of guanidine groups is 1. The van der Waals surface area contributed by atoms with E-state index in [4.69, 9.17) is 19.2 Å². The SMILES string of the molecule is CCNC(=NCc1ccc(C)cc1OCC1CCOC1)NCC1CN(C)CCO1. The first-order chi connectivity index (χ1) is 14.1. The van der Waals surface area contributed by atoms with E-state index < -0.39 is 0 Å². The molecule has 1 aromatic carbocycles. The number of morpholine rings is 1. The molecule has 29 heavy (non-hydrogen) atoms. The first-order valence-electron chi connectivity index (χ1n) is 10.8. The highest BCUT2D eigenvalue weighted by Gasteiger charge is 2.18. The number of nitrogens with one attached hydrogen (secondary N) is 2. The van der Waals surface area contributed by atoms with Crippen molar-refractivity contribution in [1.29, 1.82) is 0 Å². The van der Waals surface area contributed by atoms with Gasteiger partial charge in [0.05, 0.1) is 32.5 Å². The summed E-state index contributed by atoms with van der Waals surface area (Å²) < 4.78 is 17.4. The third kappa shape index (κ3) is 7.17. The van der Waals surface area contributed by atoms with Crippen LogP contribution in [0.3, 0.4) is 0 Å². The molecule has 0 radical (unpaired) electrons. The zero-order valence-electron chi connectivity index (χ0n) is 18.1. The lowest BCUT2D eigenvalue weighted by molar-refractivity contribution is -0.0161. The molecular formula is C22H36N4O3. The van der Waals surface area contributed by atoms with Gasteiger partial charge in [-0.1, -0.05) is 12.1 Å². The first-order valence-corrected chi connectivity index (χ1v) is 10.8. The molecule has 3 rings (SSSR count). The number of rotatable bonds is 8. The topological polar surface area (TPSA) is 67.4 Å². The largest absolute Gasteiger partial charge is 0.493 e. The summed E-state index contributed by atoms with van der Waals surface area (Å²) in [5.41, 5.74) is 2.29. The maximum atomic E-state index is 6.15. The van der Waals surface area contributed by atoms with E-state index in [0.717, 1.165) is 69.7 Å². The quantitative estimate of drug-likeness (QED) is 0.509. The van der Waals surface area contributed by atoms with Crippen molar-refractivity contribution < 1.29 is 14.2 Å². The van der Waals surface area contributed by atoms with Gasteiger partial charge in [-0.2, -0.15) is 0 Å². The second-order valence-corrected chi connectivity index (χ2v) is 7.98. The summed E-state index contributed by atoms with van der Waals surface area (Å²) in [5.74, 6) is 2.22. The van der Waals surface area contributed by atoms with Crippen LogP contribution in [0.4, 0.5) is 0 Å². The van der Waals surface area contributed by atoms with E-state index in [1.165, 1.54) is 5.56 Å². The van der Waals surface area contributed by atoms with Gasteiger partial charge in [-0.25, -0.2) is 4.99 Å². The number of hydrogen-bond acceptors (Lipinski definition) is 5. The molecule has 2 saturated heterocycles. The minimum absolute atomic E-state index is 0.185. The van der Waals surface area contributed by atoms with Crippen molar-refractivity contribution in [1.82, 2.24) is 15.5 Å². The summed E-state index contributed by atoms with van der Waals surface area (Å²) in [6, 6.07) is 6.33. The van der Waals surface area contributed by atoms with E-state index in [2.05, 4.69) is 54.6 Å². The Kier molecular flexibility index (Phi) is 8.58. The van der Waals surface area contributed by atoms with Crippen molar-refractivity contribution >= 4 is 5.96 Å². The first kappa shape index (κ1) is 21.9. The number of ether oxygens (including phenoxy) is 3. The van der Waals surface area contributed by atoms with Gasteiger partial charge in [0.1, 0.15) is 5.75 Å². The van der Waals surface area contributed by atoms with Crippen molar-refractivity contribution in [3.63, 3.8) is 0 Å². The minimum atomic E-state index is 0.185. The van der Waals surface area contributed by atoms with E-state index in [0.29, 0.717) is 19.1 Å². The second kappa shape index (κ2) is 11.4. The highest BCUT2D eigenvalue weighted by Crippen LogP contribution is 2.23. The lowest BCUT2D eigenvalue weighted by atomic mass is 10.1. The lowest BCUT2D eigenvalue weighted by Crippen LogP contribution is -2.48. The summed E-state index contributed by atoms with van der Waals surface area (Å²) in [7, 11) is 2.13. The molecule has 162 valence electrons. The number of likely N-dealkylation sites (N-methyl/N-ethyl adjacent to an activating group) is 1. The van der Waals surface area contributed by atoms with Crippen molar-refractivity contribution in [2.75, 3.05) is 59.7 Å². The smallest absolute Gasteiger partial charge is 0.191 e. The molecule has 2 N–H and O–H groups in total. The third-order valence-electron chi connectivity index (χ3n) is 5.31. The molecule has 0 amide bonds. The van der Waals surface area contributed by atoms with Gasteiger partial charge in [0.2, 0.25) is 0 Å². The zero-order valence-corrected chi connectivity index (χ0v) is 18.1. The third-order valence-corrected chi connectivity index (χ3v) is 5.31. The van der Waals surface area contributed by atoms with Gasteiger partial charge in [-0.15, -0.1) is 0 Å². The molecule has 2 unspecified atom stereocenters. The Morgan fingerprint density at radius 2 is 2.21 bits per heavy atom. The molecule has 0 saturated carbocycles. The van der Waals surface area contributed by atoms with Crippen molar-refractivity contribution in [3.05, 3.63) is 29.3 Å². The zero-order chi connectivity index (χ0) is 20.5. The van der Waals surface area contributed by atoms with E-state index in [1.807, 2.05) is 0 Å². The molecule has 2 heterocycles. The predicted molar refractivity (Wildman–Crippen MR) is 116 cm³/mol. The highest BCUT2D eigenvalue weighted by atomic mass is 16.5. The second-order valence-electron chi connectivity index (χ2n) is 7.98. The molecule has 1 aromatic rings. The molecule has 0 spiro atoms. The molecule has 0 aliphatic carbocycles. The number of nitrogens with zero attached hydrogens (tertiary/aromatic N) is 2. The van der Waals surface area contributed by atoms with E-state index in [9.17, 15) is 0 Å². The monoisotopic (exact) mass is 404 g/mol. The van der Waals surface area contributed by atoms with Gasteiger partial charge in [-0.05, 0) is 38.9 Å². The van der Waals surface area contributed by atoms with Crippen LogP contribution in [-0.4, -0.2) is 76.6 Å². The summed E-state index contributed by atoms with van der Waals surface area (Å²) in [4.78, 5) is 7.07. The fourth-order valence-electron chi connectivity index (χ4n) is 3.56. The molecule has 0 aromatic heterocycles. The van der Waals surface area contributed by atoms with Crippen LogP contribution < -0.4 is 15.4 Å². The molecule has 7 heteroatoms. The summed E-state index contributed by atoms with van der Waals surface area (Å²) in [6.45, 7) is 11.3. The normalized spacial score (nSPS) is 23.2. The fraction of sp³-hybridized carbons (Fsp3) is 0.682. The Bertz CT molecular complexity index is 661. The fourth-order valence-corrected chi connectivity index (χ4v) is 3.56. The predicted octanol–water partition coefficient (Wildman–Crippen LogP) is 1.80. The van der Waals surface area contributed by atoms with Crippen LogP contribution in [0.1, 0.15) is 24.5 Å². The van der Waals surface area contributed by atoms with Crippen LogP contribution in [0.5, 0.6) is 5.75 Å². The Hall–Kier alpha value is -1.83. The van der Waals surface area contributed by atoms with Gasteiger partial charge >= 0.3 is 0 Å². The van der Waals surface area contributed by atoms with Gasteiger partial charge in [-0.3, -0.25) is 0 Å². The highest BCUT2D eigenvalue weighted by molar-refractivity contribution is 5.79. The Morgan fingerprint density at radius 1 is 1.31 bits per heavy atom. The maximum absolute atomic E-state index is 6.15. The average molecular weight is 405 g/mol. The van der Waals surface area contributed by atoms with Crippen molar-refractivity contribution in [2.24, 2.45) is 10.9 Å². The van der Waals surface area contributed by atoms with Gasteiger partial charge < -0.3 is 29.7 Å². The number of hydrogen-bond donors (Lipinski definition) is 2. The van der Waals surface area contributed by atoms with Crippen LogP contribution in [0, 0.1) is 12.8 Å². The molecule has 2 aliphatic heterocycles. The van der Waals surface area contributed by atoms with Crippen LogP contribution in [0.2, 0.25) is 0 Å². The molecule has 2 fully saturated rings. The Labute approximate surface area is 174 Å². The summed E-state index contributed by atoms with van der Waals surface area (Å²) in [6.07, 6.45) is 1.26. The minimum Gasteiger partial charge on any atom is -0.493 e. The molecular weight excluding hydrogens is 368 g/mol. The summed E-state index contributed by atoms with van der Waals surface area (Å²) in [5, 5.41) is 6.74. The Balaban J connectivity index is 1.58. The van der Waals surface area contributed by atoms with Gasteiger partial charge in [0, 0.05) is 44.3 Å². The van der Waals surface area contributed by atoms with E-state index in [1.54, 1.807) is 0 Å². The maximum Gasteiger partial charge on any atom is 0.191 e. The van der Waals surface area contributed by atoms with Crippen LogP contribution in [-0.2, 0) is 16.0 Å². The number of aryl methyl sites for hydroxylation is 1. The van der Waals surface area contributed by atoms with Crippen molar-refractivity contribution in [2.45, 2.75) is 32.9 Å². The number of benzene rings is 1. The summed E-state index contributed by atoms with van der Waals surface area (Å²) >= 11 is 0. The molecule has 2 aliphatic rings. The lowest BCUT2D eigenvalue weighted by Gasteiger charge is -2.30. The van der Waals surface area contributed by atoms with Gasteiger partial charge in [0.25, 0.3) is 0 Å². The molecule has 2 atom stereocenters. The van der Waals surface area contributed by atoms with Crippen LogP contribution >= 0.6 is 0 Å². The number of aliphatic imine (C=N–C) groups is 1. The van der Waals surface area contributed by atoms with Crippen LogP contribution in [0.25, 0.3) is 0 Å². The average Bonchev–Trinajstić information content (AvgIpc) is 3.23.